The molecule has 0 spiro atoms. The van der Waals surface area contributed by atoms with Crippen LogP contribution in [0.5, 0.6) is 0 Å². The lowest BCUT2D eigenvalue weighted by Gasteiger charge is -2.09. The lowest BCUT2D eigenvalue weighted by Crippen LogP contribution is -2.26. The maximum Gasteiger partial charge on any atom is 0.269 e. The number of aryl methyl sites for hydroxylation is 1. The quantitative estimate of drug-likeness (QED) is 0.530. The Labute approximate surface area is 166 Å². The number of carbonyl (C=O) groups excluding carboxylic acids is 1. The molecule has 0 aliphatic heterocycles. The second-order valence-electron chi connectivity index (χ2n) is 6.54. The van der Waals surface area contributed by atoms with E-state index >= 15 is 0 Å². The Balaban J connectivity index is 1.45. The van der Waals surface area contributed by atoms with Gasteiger partial charge in [0.15, 0.2) is 0 Å². The number of H-pyrrole nitrogens is 1. The van der Waals surface area contributed by atoms with Crippen LogP contribution in [0.1, 0.15) is 34.0 Å². The van der Waals surface area contributed by atoms with Gasteiger partial charge in [-0.3, -0.25) is 14.9 Å². The zero-order valence-corrected chi connectivity index (χ0v) is 16.3. The largest absolute Gasteiger partial charge is 0.342 e. The summed E-state index contributed by atoms with van der Waals surface area (Å²) in [5.41, 5.74) is 5.13. The fourth-order valence-corrected chi connectivity index (χ4v) is 3.62. The Hall–Kier alpha value is -3.32. The van der Waals surface area contributed by atoms with Crippen LogP contribution in [-0.4, -0.2) is 26.1 Å². The van der Waals surface area contributed by atoms with Crippen LogP contribution in [0.15, 0.2) is 60.2 Å². The summed E-state index contributed by atoms with van der Waals surface area (Å²) in [6.45, 7) is 3.95. The van der Waals surface area contributed by atoms with E-state index in [2.05, 4.69) is 25.5 Å². The molecule has 0 fully saturated rings. The summed E-state index contributed by atoms with van der Waals surface area (Å²) in [4.78, 5) is 21.3. The van der Waals surface area contributed by atoms with Crippen molar-refractivity contribution in [3.05, 3.63) is 76.5 Å². The van der Waals surface area contributed by atoms with E-state index in [4.69, 9.17) is 0 Å². The van der Waals surface area contributed by atoms with Crippen LogP contribution >= 0.6 is 11.3 Å². The van der Waals surface area contributed by atoms with Crippen LogP contribution in [-0.2, 0) is 0 Å². The average Bonchev–Trinajstić information content (AvgIpc) is 3.39. The lowest BCUT2D eigenvalue weighted by atomic mass is 10.1. The van der Waals surface area contributed by atoms with Crippen LogP contribution < -0.4 is 5.32 Å². The molecule has 0 aliphatic rings. The summed E-state index contributed by atoms with van der Waals surface area (Å²) in [6.07, 6.45) is 3.51. The molecule has 28 heavy (non-hydrogen) atoms. The Bertz CT molecular complexity index is 1090. The van der Waals surface area contributed by atoms with E-state index in [1.165, 1.54) is 16.9 Å². The van der Waals surface area contributed by atoms with Gasteiger partial charge in [0.25, 0.3) is 5.91 Å². The zero-order chi connectivity index (χ0) is 19.5. The van der Waals surface area contributed by atoms with Crippen LogP contribution in [0.3, 0.4) is 0 Å². The molecular weight excluding hydrogens is 370 g/mol. The predicted molar refractivity (Wildman–Crippen MR) is 110 cm³/mol. The predicted octanol–water partition coefficient (Wildman–Crippen LogP) is 4.39. The van der Waals surface area contributed by atoms with Crippen molar-refractivity contribution in [1.82, 2.24) is 25.5 Å². The molecule has 0 bridgehead atoms. The van der Waals surface area contributed by atoms with Gasteiger partial charge in [-0.15, -0.1) is 11.3 Å². The number of nitrogens with one attached hydrogen (secondary N) is 2. The smallest absolute Gasteiger partial charge is 0.269 e. The molecule has 0 saturated carbocycles. The monoisotopic (exact) mass is 389 g/mol. The van der Waals surface area contributed by atoms with Crippen LogP contribution in [0, 0.1) is 6.92 Å². The second-order valence-corrected chi connectivity index (χ2v) is 7.43. The summed E-state index contributed by atoms with van der Waals surface area (Å²) >= 11 is 1.51. The molecule has 7 heteroatoms. The number of rotatable bonds is 5. The van der Waals surface area contributed by atoms with Crippen LogP contribution in [0.2, 0.25) is 0 Å². The number of pyridine rings is 1. The first-order valence-corrected chi connectivity index (χ1v) is 9.77. The molecule has 6 nitrogen and oxygen atoms in total. The number of thiazole rings is 1. The number of aromatic amines is 1. The summed E-state index contributed by atoms with van der Waals surface area (Å²) in [6, 6.07) is 13.4. The molecule has 0 saturated heterocycles. The van der Waals surface area contributed by atoms with Crippen molar-refractivity contribution in [2.75, 3.05) is 0 Å². The van der Waals surface area contributed by atoms with E-state index in [-0.39, 0.29) is 11.9 Å². The van der Waals surface area contributed by atoms with E-state index in [1.807, 2.05) is 55.6 Å². The van der Waals surface area contributed by atoms with Crippen LogP contribution in [0.25, 0.3) is 22.5 Å². The molecule has 1 amide bonds. The standard InChI is InChI=1S/C21H19N5OS/c1-13-5-7-15(8-6-13)17-10-18(26-25-17)20(27)23-14(2)21-24-19(12-28-21)16-4-3-9-22-11-16/h3-12,14H,1-2H3,(H,23,27)(H,25,26). The van der Waals surface area contributed by atoms with Gasteiger partial charge in [0.05, 0.1) is 17.4 Å². The Morgan fingerprint density at radius 3 is 2.71 bits per heavy atom. The number of benzene rings is 1. The van der Waals surface area contributed by atoms with E-state index in [0.717, 1.165) is 27.5 Å². The number of aromatic nitrogens is 4. The highest BCUT2D eigenvalue weighted by Crippen LogP contribution is 2.25. The summed E-state index contributed by atoms with van der Waals surface area (Å²) < 4.78 is 0. The first-order valence-electron chi connectivity index (χ1n) is 8.89. The first-order chi connectivity index (χ1) is 13.6. The van der Waals surface area contributed by atoms with Crippen molar-refractivity contribution in [2.45, 2.75) is 19.9 Å². The maximum absolute atomic E-state index is 12.6. The van der Waals surface area contributed by atoms with E-state index in [0.29, 0.717) is 5.69 Å². The highest BCUT2D eigenvalue weighted by Gasteiger charge is 2.17. The number of amides is 1. The number of hydrogen-bond donors (Lipinski definition) is 2. The third-order valence-corrected chi connectivity index (χ3v) is 5.39. The second kappa shape index (κ2) is 7.74. The normalized spacial score (nSPS) is 11.9. The molecule has 1 aromatic carbocycles. The number of hydrogen-bond acceptors (Lipinski definition) is 5. The van der Waals surface area contributed by atoms with Crippen molar-refractivity contribution >= 4 is 17.2 Å². The maximum atomic E-state index is 12.6. The minimum absolute atomic E-state index is 0.212. The van der Waals surface area contributed by atoms with Crippen molar-refractivity contribution in [3.63, 3.8) is 0 Å². The molecule has 0 aliphatic carbocycles. The first kappa shape index (κ1) is 18.1. The molecule has 3 heterocycles. The van der Waals surface area contributed by atoms with Gasteiger partial charge in [0.1, 0.15) is 10.7 Å². The van der Waals surface area contributed by atoms with Gasteiger partial charge in [-0.25, -0.2) is 4.98 Å². The fraction of sp³-hybridized carbons (Fsp3) is 0.143. The Kier molecular flexibility index (Phi) is 4.99. The fourth-order valence-electron chi connectivity index (χ4n) is 2.78. The SMILES string of the molecule is Cc1ccc(-c2cc(C(=O)NC(C)c3nc(-c4cccnc4)cs3)[nH]n2)cc1. The van der Waals surface area contributed by atoms with Crippen molar-refractivity contribution in [2.24, 2.45) is 0 Å². The molecular formula is C21H19N5OS. The number of nitrogens with zero attached hydrogens (tertiary/aromatic N) is 3. The van der Waals surface area contributed by atoms with Gasteiger partial charge in [-0.05, 0) is 32.0 Å². The molecule has 140 valence electrons. The van der Waals surface area contributed by atoms with Gasteiger partial charge in [0.2, 0.25) is 0 Å². The van der Waals surface area contributed by atoms with E-state index in [1.54, 1.807) is 18.5 Å². The minimum atomic E-state index is -0.214. The van der Waals surface area contributed by atoms with Crippen molar-refractivity contribution in [3.8, 4) is 22.5 Å². The van der Waals surface area contributed by atoms with Gasteiger partial charge < -0.3 is 5.32 Å². The van der Waals surface area contributed by atoms with Gasteiger partial charge in [-0.2, -0.15) is 5.10 Å². The molecule has 1 atom stereocenters. The molecule has 0 radical (unpaired) electrons. The van der Waals surface area contributed by atoms with Gasteiger partial charge in [-0.1, -0.05) is 29.8 Å². The average molecular weight is 389 g/mol. The molecule has 4 aromatic rings. The van der Waals surface area contributed by atoms with Crippen molar-refractivity contribution < 1.29 is 4.79 Å². The highest BCUT2D eigenvalue weighted by molar-refractivity contribution is 7.10. The molecule has 2 N–H and O–H groups in total. The number of carbonyl (C=O) groups is 1. The topological polar surface area (TPSA) is 83.6 Å². The summed E-state index contributed by atoms with van der Waals surface area (Å²) in [5, 5.41) is 12.9. The summed E-state index contributed by atoms with van der Waals surface area (Å²) in [5.74, 6) is -0.212. The minimum Gasteiger partial charge on any atom is -0.342 e. The molecule has 1 unspecified atom stereocenters. The van der Waals surface area contributed by atoms with Crippen LogP contribution in [0.4, 0.5) is 0 Å². The van der Waals surface area contributed by atoms with Crippen molar-refractivity contribution in [1.29, 1.82) is 0 Å². The van der Waals surface area contributed by atoms with E-state index in [9.17, 15) is 4.79 Å². The highest BCUT2D eigenvalue weighted by atomic mass is 32.1. The zero-order valence-electron chi connectivity index (χ0n) is 15.5. The van der Waals surface area contributed by atoms with Gasteiger partial charge >= 0.3 is 0 Å². The summed E-state index contributed by atoms with van der Waals surface area (Å²) in [7, 11) is 0. The molecule has 4 rings (SSSR count). The third-order valence-electron chi connectivity index (χ3n) is 4.37. The Morgan fingerprint density at radius 2 is 1.96 bits per heavy atom. The van der Waals surface area contributed by atoms with Gasteiger partial charge in [0, 0.05) is 28.9 Å². The molecule has 3 aromatic heterocycles. The Morgan fingerprint density at radius 1 is 1.14 bits per heavy atom. The third kappa shape index (κ3) is 3.84. The lowest BCUT2D eigenvalue weighted by molar-refractivity contribution is 0.0934. The van der Waals surface area contributed by atoms with E-state index < -0.39 is 0 Å².